The third-order valence-electron chi connectivity index (χ3n) is 4.14. The van der Waals surface area contributed by atoms with E-state index < -0.39 is 22.8 Å². The highest BCUT2D eigenvalue weighted by Crippen LogP contribution is 2.68. The Kier molecular flexibility index (Phi) is 1.68. The highest BCUT2D eigenvalue weighted by atomic mass is 19.3. The van der Waals surface area contributed by atoms with Gasteiger partial charge in [-0.15, -0.1) is 0 Å². The number of carbonyl (C=O) groups excluding carboxylic acids is 1. The SMILES string of the molecule is COC(=O)C12C=CCN1CC1(C2)CC1(F)F. The van der Waals surface area contributed by atoms with Crippen molar-refractivity contribution in [2.45, 2.75) is 24.3 Å². The van der Waals surface area contributed by atoms with Gasteiger partial charge >= 0.3 is 5.97 Å². The molecule has 2 heterocycles. The number of halogens is 2. The number of rotatable bonds is 1. The van der Waals surface area contributed by atoms with Crippen LogP contribution in [0.25, 0.3) is 0 Å². The van der Waals surface area contributed by atoms with Gasteiger partial charge in [0.05, 0.1) is 12.5 Å². The Morgan fingerprint density at radius 1 is 1.44 bits per heavy atom. The number of esters is 1. The lowest BCUT2D eigenvalue weighted by molar-refractivity contribution is -0.149. The molecule has 1 aliphatic carbocycles. The molecule has 2 fully saturated rings. The zero-order chi connectivity index (χ0) is 11.6. The van der Waals surface area contributed by atoms with Gasteiger partial charge in [0.1, 0.15) is 5.54 Å². The van der Waals surface area contributed by atoms with Gasteiger partial charge in [0.25, 0.3) is 5.92 Å². The van der Waals surface area contributed by atoms with Crippen LogP contribution >= 0.6 is 0 Å². The predicted octanol–water partition coefficient (Wildman–Crippen LogP) is 1.20. The van der Waals surface area contributed by atoms with Crippen LogP contribution < -0.4 is 0 Å². The van der Waals surface area contributed by atoms with E-state index in [2.05, 4.69) is 0 Å². The summed E-state index contributed by atoms with van der Waals surface area (Å²) in [6.45, 7) is 0.856. The van der Waals surface area contributed by atoms with Gasteiger partial charge in [-0.25, -0.2) is 13.6 Å². The topological polar surface area (TPSA) is 29.5 Å². The zero-order valence-electron chi connectivity index (χ0n) is 9.00. The van der Waals surface area contributed by atoms with E-state index in [1.165, 1.54) is 7.11 Å². The smallest absolute Gasteiger partial charge is 0.330 e. The molecule has 2 atom stereocenters. The second kappa shape index (κ2) is 2.64. The predicted molar refractivity (Wildman–Crippen MR) is 52.1 cm³/mol. The largest absolute Gasteiger partial charge is 0.467 e. The lowest BCUT2D eigenvalue weighted by Crippen LogP contribution is -2.46. The minimum absolute atomic E-state index is 0.0942. The second-order valence-corrected chi connectivity index (χ2v) is 5.04. The second-order valence-electron chi connectivity index (χ2n) is 5.04. The van der Waals surface area contributed by atoms with Crippen LogP contribution in [-0.2, 0) is 9.53 Å². The van der Waals surface area contributed by atoms with Crippen LogP contribution in [0.3, 0.4) is 0 Å². The summed E-state index contributed by atoms with van der Waals surface area (Å²) < 4.78 is 31.4. The molecule has 3 aliphatic rings. The van der Waals surface area contributed by atoms with Crippen molar-refractivity contribution in [1.82, 2.24) is 4.90 Å². The van der Waals surface area contributed by atoms with Gasteiger partial charge in [0.2, 0.25) is 0 Å². The molecule has 0 aromatic carbocycles. The Balaban J connectivity index is 1.94. The summed E-state index contributed by atoms with van der Waals surface area (Å²) in [6.07, 6.45) is 3.67. The number of hydrogen-bond donors (Lipinski definition) is 0. The van der Waals surface area contributed by atoms with Gasteiger partial charge in [-0.3, -0.25) is 4.90 Å². The van der Waals surface area contributed by atoms with Gasteiger partial charge in [-0.1, -0.05) is 12.2 Å². The normalized spacial score (nSPS) is 43.7. The molecule has 1 saturated heterocycles. The summed E-state index contributed by atoms with van der Waals surface area (Å²) >= 11 is 0. The van der Waals surface area contributed by atoms with Gasteiger partial charge in [0, 0.05) is 19.5 Å². The first-order chi connectivity index (χ1) is 7.46. The molecule has 0 aromatic heterocycles. The van der Waals surface area contributed by atoms with Crippen molar-refractivity contribution in [2.75, 3.05) is 20.2 Å². The number of methoxy groups -OCH3 is 1. The summed E-state index contributed by atoms with van der Waals surface area (Å²) in [4.78, 5) is 13.6. The fraction of sp³-hybridized carbons (Fsp3) is 0.727. The van der Waals surface area contributed by atoms with Crippen molar-refractivity contribution >= 4 is 5.97 Å². The van der Waals surface area contributed by atoms with E-state index in [1.54, 1.807) is 11.0 Å². The average Bonchev–Trinajstić information content (AvgIpc) is 2.54. The molecule has 3 nitrogen and oxygen atoms in total. The molecule has 0 bridgehead atoms. The van der Waals surface area contributed by atoms with Gasteiger partial charge in [-0.05, 0) is 6.42 Å². The molecule has 16 heavy (non-hydrogen) atoms. The first-order valence-electron chi connectivity index (χ1n) is 5.35. The van der Waals surface area contributed by atoms with Crippen molar-refractivity contribution in [3.8, 4) is 0 Å². The summed E-state index contributed by atoms with van der Waals surface area (Å²) in [6, 6.07) is 0. The Hall–Kier alpha value is -0.970. The fourth-order valence-electron chi connectivity index (χ4n) is 3.15. The first kappa shape index (κ1) is 10.2. The Morgan fingerprint density at radius 2 is 2.12 bits per heavy atom. The lowest BCUT2D eigenvalue weighted by atomic mass is 9.91. The summed E-state index contributed by atoms with van der Waals surface area (Å²) in [5.41, 5.74) is -1.90. The summed E-state index contributed by atoms with van der Waals surface area (Å²) in [5, 5.41) is 0. The molecule has 2 aliphatic heterocycles. The van der Waals surface area contributed by atoms with E-state index in [4.69, 9.17) is 4.74 Å². The molecule has 2 unspecified atom stereocenters. The van der Waals surface area contributed by atoms with E-state index in [9.17, 15) is 13.6 Å². The number of ether oxygens (including phenoxy) is 1. The van der Waals surface area contributed by atoms with Crippen molar-refractivity contribution < 1.29 is 18.3 Å². The third kappa shape index (κ3) is 0.973. The molecule has 0 radical (unpaired) electrons. The molecular weight excluding hydrogens is 216 g/mol. The van der Waals surface area contributed by atoms with Crippen molar-refractivity contribution in [2.24, 2.45) is 5.41 Å². The van der Waals surface area contributed by atoms with Crippen LogP contribution in [-0.4, -0.2) is 42.5 Å². The van der Waals surface area contributed by atoms with E-state index in [0.717, 1.165) is 0 Å². The van der Waals surface area contributed by atoms with Gasteiger partial charge in [-0.2, -0.15) is 0 Å². The molecular formula is C11H13F2NO2. The highest BCUT2D eigenvalue weighted by Gasteiger charge is 2.78. The maximum atomic E-state index is 13.3. The Morgan fingerprint density at radius 3 is 2.69 bits per heavy atom. The summed E-state index contributed by atoms with van der Waals surface area (Å²) in [7, 11) is 1.30. The van der Waals surface area contributed by atoms with Crippen molar-refractivity contribution in [1.29, 1.82) is 0 Å². The van der Waals surface area contributed by atoms with Crippen molar-refractivity contribution in [3.63, 3.8) is 0 Å². The molecule has 0 N–H and O–H groups in total. The number of fused-ring (bicyclic) bond motifs is 1. The van der Waals surface area contributed by atoms with E-state index in [-0.39, 0.29) is 12.8 Å². The molecule has 0 amide bonds. The molecule has 0 aromatic rings. The molecule has 88 valence electrons. The fourth-order valence-corrected chi connectivity index (χ4v) is 3.15. The Bertz CT molecular complexity index is 395. The third-order valence-corrected chi connectivity index (χ3v) is 4.14. The molecule has 5 heteroatoms. The van der Waals surface area contributed by atoms with Gasteiger partial charge < -0.3 is 4.74 Å². The zero-order valence-corrected chi connectivity index (χ0v) is 9.00. The molecule has 1 saturated carbocycles. The van der Waals surface area contributed by atoms with Crippen LogP contribution in [0.1, 0.15) is 12.8 Å². The molecule has 3 rings (SSSR count). The number of carbonyl (C=O) groups is 1. The Labute approximate surface area is 92.0 Å². The van der Waals surface area contributed by atoms with Crippen LogP contribution in [0.5, 0.6) is 0 Å². The number of hydrogen-bond acceptors (Lipinski definition) is 3. The maximum absolute atomic E-state index is 13.3. The van der Waals surface area contributed by atoms with E-state index in [0.29, 0.717) is 13.1 Å². The van der Waals surface area contributed by atoms with Crippen LogP contribution in [0.2, 0.25) is 0 Å². The van der Waals surface area contributed by atoms with Crippen molar-refractivity contribution in [3.05, 3.63) is 12.2 Å². The van der Waals surface area contributed by atoms with Gasteiger partial charge in [0.15, 0.2) is 0 Å². The minimum atomic E-state index is -2.60. The highest BCUT2D eigenvalue weighted by molar-refractivity contribution is 5.85. The number of alkyl halides is 2. The van der Waals surface area contributed by atoms with E-state index in [1.807, 2.05) is 6.08 Å². The average molecular weight is 229 g/mol. The van der Waals surface area contributed by atoms with Crippen LogP contribution in [0, 0.1) is 5.41 Å². The number of nitrogens with zero attached hydrogens (tertiary/aromatic N) is 1. The van der Waals surface area contributed by atoms with Crippen LogP contribution in [0.4, 0.5) is 8.78 Å². The minimum Gasteiger partial charge on any atom is -0.467 e. The van der Waals surface area contributed by atoms with Crippen LogP contribution in [0.15, 0.2) is 12.2 Å². The maximum Gasteiger partial charge on any atom is 0.330 e. The standard InChI is InChI=1S/C11H13F2NO2/c1-16-8(15)10-3-2-4-14(10)7-9(5-10)6-11(9,12)13/h2-3H,4-7H2,1H3. The van der Waals surface area contributed by atoms with E-state index >= 15 is 0 Å². The summed E-state index contributed by atoms with van der Waals surface area (Å²) in [5.74, 6) is -3.02. The first-order valence-corrected chi connectivity index (χ1v) is 5.35. The lowest BCUT2D eigenvalue weighted by Gasteiger charge is -2.27. The quantitative estimate of drug-likeness (QED) is 0.500. The molecule has 1 spiro atoms. The monoisotopic (exact) mass is 229 g/mol.